The van der Waals surface area contributed by atoms with Crippen molar-refractivity contribution in [2.75, 3.05) is 0 Å². The quantitative estimate of drug-likeness (QED) is 0.805. The predicted octanol–water partition coefficient (Wildman–Crippen LogP) is 2.30. The molecule has 0 saturated heterocycles. The van der Waals surface area contributed by atoms with E-state index in [0.29, 0.717) is 12.3 Å². The van der Waals surface area contributed by atoms with Crippen LogP contribution in [-0.2, 0) is 9.59 Å². The first-order valence-corrected chi connectivity index (χ1v) is 6.49. The van der Waals surface area contributed by atoms with Crippen LogP contribution in [0.4, 0.5) is 13.2 Å². The third-order valence-electron chi connectivity index (χ3n) is 5.06. The lowest BCUT2D eigenvalue weighted by molar-refractivity contribution is -0.179. The van der Waals surface area contributed by atoms with Crippen LogP contribution in [0.2, 0.25) is 0 Å². The van der Waals surface area contributed by atoms with Crippen molar-refractivity contribution in [2.45, 2.75) is 45.3 Å². The topological polar surface area (TPSA) is 46.2 Å². The van der Waals surface area contributed by atoms with Crippen molar-refractivity contribution in [3.63, 3.8) is 0 Å². The van der Waals surface area contributed by atoms with Crippen LogP contribution < -0.4 is 5.32 Å². The molecule has 0 aromatic carbocycles. The van der Waals surface area contributed by atoms with Crippen LogP contribution in [0, 0.1) is 23.2 Å². The molecule has 3 nitrogen and oxygen atoms in total. The lowest BCUT2D eigenvalue weighted by Crippen LogP contribution is -2.62. The largest absolute Gasteiger partial charge is 0.471 e. The first-order chi connectivity index (χ1) is 8.67. The second kappa shape index (κ2) is 4.49. The monoisotopic (exact) mass is 277 g/mol. The first kappa shape index (κ1) is 14.3. The van der Waals surface area contributed by atoms with Crippen molar-refractivity contribution >= 4 is 12.2 Å². The van der Waals surface area contributed by atoms with Gasteiger partial charge >= 0.3 is 12.1 Å². The van der Waals surface area contributed by atoms with Crippen LogP contribution in [0.3, 0.4) is 0 Å². The van der Waals surface area contributed by atoms with E-state index in [4.69, 9.17) is 0 Å². The van der Waals surface area contributed by atoms with Crippen LogP contribution in [0.5, 0.6) is 0 Å². The average molecular weight is 277 g/mol. The van der Waals surface area contributed by atoms with Crippen molar-refractivity contribution in [3.8, 4) is 0 Å². The van der Waals surface area contributed by atoms with E-state index in [1.165, 1.54) is 0 Å². The molecule has 1 N–H and O–H groups in total. The SMILES string of the molecule is CC1(C)C2CC1[C@@H](CC=O)[C@H](NC(=O)C(F)(F)F)C2. The molecule has 0 radical (unpaired) electrons. The Hall–Kier alpha value is -1.07. The molecule has 3 aliphatic rings. The Balaban J connectivity index is 2.09. The molecule has 1 amide bonds. The van der Waals surface area contributed by atoms with Gasteiger partial charge in [-0.2, -0.15) is 13.2 Å². The van der Waals surface area contributed by atoms with Gasteiger partial charge in [-0.3, -0.25) is 4.79 Å². The van der Waals surface area contributed by atoms with Gasteiger partial charge in [-0.25, -0.2) is 0 Å². The molecule has 3 rings (SSSR count). The van der Waals surface area contributed by atoms with Crippen LogP contribution in [0.25, 0.3) is 0 Å². The molecule has 2 bridgehead atoms. The number of nitrogens with one attached hydrogen (secondary N) is 1. The molecule has 2 unspecified atom stereocenters. The van der Waals surface area contributed by atoms with Crippen LogP contribution in [0.1, 0.15) is 33.1 Å². The highest BCUT2D eigenvalue weighted by molar-refractivity contribution is 5.82. The van der Waals surface area contributed by atoms with Crippen LogP contribution in [0.15, 0.2) is 0 Å². The Morgan fingerprint density at radius 3 is 2.47 bits per heavy atom. The van der Waals surface area contributed by atoms with Gasteiger partial charge in [-0.05, 0) is 36.0 Å². The fourth-order valence-corrected chi connectivity index (χ4v) is 3.80. The summed E-state index contributed by atoms with van der Waals surface area (Å²) in [6, 6.07) is -0.531. The Kier molecular flexibility index (Phi) is 3.39. The molecule has 108 valence electrons. The number of fused-ring (bicyclic) bond motifs is 2. The van der Waals surface area contributed by atoms with E-state index in [2.05, 4.69) is 19.2 Å². The molecule has 0 heterocycles. The number of halogens is 3. The van der Waals surface area contributed by atoms with Crippen molar-refractivity contribution in [1.82, 2.24) is 5.32 Å². The van der Waals surface area contributed by atoms with Gasteiger partial charge in [0.2, 0.25) is 0 Å². The van der Waals surface area contributed by atoms with Gasteiger partial charge in [0.25, 0.3) is 0 Å². The van der Waals surface area contributed by atoms with Gasteiger partial charge < -0.3 is 10.1 Å². The molecular weight excluding hydrogens is 259 g/mol. The number of hydrogen-bond donors (Lipinski definition) is 1. The van der Waals surface area contributed by atoms with Crippen molar-refractivity contribution < 1.29 is 22.8 Å². The second-order valence-electron chi connectivity index (χ2n) is 6.24. The maximum atomic E-state index is 12.3. The summed E-state index contributed by atoms with van der Waals surface area (Å²) in [6.07, 6.45) is -2.42. The van der Waals surface area contributed by atoms with E-state index in [1.54, 1.807) is 0 Å². The summed E-state index contributed by atoms with van der Waals surface area (Å²) in [4.78, 5) is 21.8. The molecule has 0 aromatic rings. The third kappa shape index (κ3) is 2.37. The Morgan fingerprint density at radius 1 is 1.37 bits per heavy atom. The molecule has 6 heteroatoms. The van der Waals surface area contributed by atoms with E-state index in [9.17, 15) is 22.8 Å². The number of hydrogen-bond acceptors (Lipinski definition) is 2. The van der Waals surface area contributed by atoms with E-state index in [1.807, 2.05) is 0 Å². The molecule has 4 atom stereocenters. The summed E-state index contributed by atoms with van der Waals surface area (Å²) < 4.78 is 36.9. The molecular formula is C13H18F3NO2. The predicted molar refractivity (Wildman–Crippen MR) is 62.2 cm³/mol. The van der Waals surface area contributed by atoms with E-state index >= 15 is 0 Å². The normalized spacial score (nSPS) is 36.3. The summed E-state index contributed by atoms with van der Waals surface area (Å²) >= 11 is 0. The zero-order valence-electron chi connectivity index (χ0n) is 11.0. The Bertz CT molecular complexity index is 392. The summed E-state index contributed by atoms with van der Waals surface area (Å²) in [6.45, 7) is 4.18. The highest BCUT2D eigenvalue weighted by atomic mass is 19.4. The maximum Gasteiger partial charge on any atom is 0.471 e. The number of carbonyl (C=O) groups excluding carboxylic acids is 2. The van der Waals surface area contributed by atoms with Gasteiger partial charge in [-0.15, -0.1) is 0 Å². The van der Waals surface area contributed by atoms with Crippen LogP contribution in [-0.4, -0.2) is 24.4 Å². The number of carbonyl (C=O) groups is 2. The fraction of sp³-hybridized carbons (Fsp3) is 0.846. The summed E-state index contributed by atoms with van der Waals surface area (Å²) in [5, 5.41) is 2.07. The Labute approximate surface area is 109 Å². The Morgan fingerprint density at radius 2 is 2.00 bits per heavy atom. The highest BCUT2D eigenvalue weighted by Crippen LogP contribution is 2.61. The minimum atomic E-state index is -4.86. The zero-order valence-corrected chi connectivity index (χ0v) is 11.0. The number of aldehydes is 1. The third-order valence-corrected chi connectivity index (χ3v) is 5.06. The van der Waals surface area contributed by atoms with Gasteiger partial charge in [0.1, 0.15) is 6.29 Å². The lowest BCUT2D eigenvalue weighted by Gasteiger charge is -2.62. The number of amides is 1. The smallest absolute Gasteiger partial charge is 0.345 e. The summed E-state index contributed by atoms with van der Waals surface area (Å²) in [7, 11) is 0. The average Bonchev–Trinajstić information content (AvgIpc) is 2.29. The van der Waals surface area contributed by atoms with Crippen molar-refractivity contribution in [2.24, 2.45) is 23.2 Å². The number of rotatable bonds is 3. The standard InChI is InChI=1S/C13H18F3NO2/c1-12(2)7-5-9(12)8(3-4-18)10(6-7)17-11(19)13(14,15)16/h4,7-10H,3,5-6H2,1-2H3,(H,17,19)/t7?,8-,9?,10-/m1/s1. The molecule has 19 heavy (non-hydrogen) atoms. The van der Waals surface area contributed by atoms with Crippen LogP contribution >= 0.6 is 0 Å². The van der Waals surface area contributed by atoms with Crippen molar-refractivity contribution in [3.05, 3.63) is 0 Å². The van der Waals surface area contributed by atoms with Gasteiger partial charge in [0.15, 0.2) is 0 Å². The van der Waals surface area contributed by atoms with E-state index < -0.39 is 18.1 Å². The number of alkyl halides is 3. The second-order valence-corrected chi connectivity index (χ2v) is 6.24. The van der Waals surface area contributed by atoms with Gasteiger partial charge in [0.05, 0.1) is 0 Å². The first-order valence-electron chi connectivity index (χ1n) is 6.49. The molecule has 3 saturated carbocycles. The van der Waals surface area contributed by atoms with Gasteiger partial charge in [0, 0.05) is 12.5 Å². The van der Waals surface area contributed by atoms with Crippen molar-refractivity contribution in [1.29, 1.82) is 0 Å². The fourth-order valence-electron chi connectivity index (χ4n) is 3.80. The minimum Gasteiger partial charge on any atom is -0.345 e. The van der Waals surface area contributed by atoms with E-state index in [0.717, 1.165) is 12.7 Å². The van der Waals surface area contributed by atoms with Gasteiger partial charge in [-0.1, -0.05) is 13.8 Å². The molecule has 0 aromatic heterocycles. The summed E-state index contributed by atoms with van der Waals surface area (Å²) in [5.74, 6) is -1.52. The molecule has 0 spiro atoms. The molecule has 3 aliphatic carbocycles. The molecule has 0 aliphatic heterocycles. The lowest BCUT2D eigenvalue weighted by atomic mass is 9.44. The maximum absolute atomic E-state index is 12.3. The minimum absolute atomic E-state index is 0.0626. The zero-order chi connectivity index (χ0) is 14.4. The van der Waals surface area contributed by atoms with E-state index in [-0.39, 0.29) is 23.7 Å². The molecule has 3 fully saturated rings. The summed E-state index contributed by atoms with van der Waals surface area (Å²) in [5.41, 5.74) is 0.0626. The highest BCUT2D eigenvalue weighted by Gasteiger charge is 2.58.